The van der Waals surface area contributed by atoms with E-state index in [1.165, 1.54) is 0 Å². The minimum Gasteiger partial charge on any atom is -0.497 e. The number of nitrogens with zero attached hydrogens (tertiary/aromatic N) is 1. The molecule has 6 heteroatoms. The second-order valence-corrected chi connectivity index (χ2v) is 10.8. The predicted molar refractivity (Wildman–Crippen MR) is 158 cm³/mol. The normalized spacial score (nSPS) is 23.8. The average Bonchev–Trinajstić information content (AvgIpc) is 3.49. The molecular formula is C35H28N2O4. The van der Waals surface area contributed by atoms with Crippen LogP contribution < -0.4 is 15.0 Å². The molecule has 6 nitrogen and oxygen atoms in total. The van der Waals surface area contributed by atoms with Gasteiger partial charge in [0.2, 0.25) is 5.91 Å². The first-order valence-electron chi connectivity index (χ1n) is 13.7. The van der Waals surface area contributed by atoms with E-state index in [-0.39, 0.29) is 17.5 Å². The summed E-state index contributed by atoms with van der Waals surface area (Å²) in [7, 11) is 1.57. The summed E-state index contributed by atoms with van der Waals surface area (Å²) in [6.07, 6.45) is 2.07. The van der Waals surface area contributed by atoms with Gasteiger partial charge in [-0.25, -0.2) is 0 Å². The van der Waals surface area contributed by atoms with Gasteiger partial charge in [-0.1, -0.05) is 72.8 Å². The van der Waals surface area contributed by atoms with Gasteiger partial charge < -0.3 is 15.0 Å². The molecule has 1 N–H and O–H groups in total. The van der Waals surface area contributed by atoms with Crippen molar-refractivity contribution in [2.24, 2.45) is 5.92 Å². The second-order valence-electron chi connectivity index (χ2n) is 10.8. The highest BCUT2D eigenvalue weighted by atomic mass is 16.5. The highest BCUT2D eigenvalue weighted by Gasteiger charge is 2.70. The Morgan fingerprint density at radius 2 is 1.46 bits per heavy atom. The number of hydrogen-bond donors (Lipinski definition) is 1. The van der Waals surface area contributed by atoms with E-state index in [1.807, 2.05) is 78.6 Å². The third kappa shape index (κ3) is 3.46. The van der Waals surface area contributed by atoms with Gasteiger partial charge in [-0.3, -0.25) is 14.4 Å². The van der Waals surface area contributed by atoms with Crippen LogP contribution in [0.5, 0.6) is 5.75 Å². The maximum absolute atomic E-state index is 14.8. The van der Waals surface area contributed by atoms with Crippen LogP contribution in [0.3, 0.4) is 0 Å². The van der Waals surface area contributed by atoms with Crippen molar-refractivity contribution in [2.45, 2.75) is 24.4 Å². The Labute approximate surface area is 238 Å². The molecule has 1 spiro atoms. The number of para-hydroxylation sites is 2. The third-order valence-corrected chi connectivity index (χ3v) is 8.87. The Morgan fingerprint density at radius 1 is 0.805 bits per heavy atom. The Balaban J connectivity index is 1.54. The van der Waals surface area contributed by atoms with E-state index >= 15 is 0 Å². The fourth-order valence-corrected chi connectivity index (χ4v) is 7.10. The van der Waals surface area contributed by atoms with Crippen LogP contribution in [0.4, 0.5) is 11.4 Å². The van der Waals surface area contributed by atoms with Crippen molar-refractivity contribution >= 4 is 34.4 Å². The molecule has 0 aliphatic carbocycles. The molecule has 41 heavy (non-hydrogen) atoms. The molecule has 0 saturated carbocycles. The number of fused-ring (bicyclic) bond motifs is 6. The number of methoxy groups -OCH3 is 1. The molecule has 4 aromatic rings. The maximum Gasteiger partial charge on any atom is 0.238 e. The molecule has 0 radical (unpaired) electrons. The van der Waals surface area contributed by atoms with Crippen molar-refractivity contribution in [1.82, 2.24) is 0 Å². The zero-order valence-electron chi connectivity index (χ0n) is 22.7. The molecule has 4 aromatic carbocycles. The number of nitrogens with one attached hydrogen (secondary N) is 1. The van der Waals surface area contributed by atoms with Crippen molar-refractivity contribution in [3.05, 3.63) is 131 Å². The number of ketones is 2. The molecule has 3 aliphatic heterocycles. The van der Waals surface area contributed by atoms with Gasteiger partial charge in [0.1, 0.15) is 17.2 Å². The quantitative estimate of drug-likeness (QED) is 0.317. The van der Waals surface area contributed by atoms with E-state index in [9.17, 15) is 14.4 Å². The number of rotatable bonds is 5. The molecule has 3 heterocycles. The second kappa shape index (κ2) is 9.30. The number of anilines is 2. The highest BCUT2D eigenvalue weighted by Crippen LogP contribution is 2.58. The van der Waals surface area contributed by atoms with Gasteiger partial charge in [0.05, 0.1) is 19.1 Å². The number of hydrogen-bond acceptors (Lipinski definition) is 5. The smallest absolute Gasteiger partial charge is 0.238 e. The van der Waals surface area contributed by atoms with Crippen LogP contribution in [-0.2, 0) is 10.2 Å². The molecule has 1 saturated heterocycles. The van der Waals surface area contributed by atoms with Crippen molar-refractivity contribution < 1.29 is 19.1 Å². The van der Waals surface area contributed by atoms with Crippen LogP contribution in [0.25, 0.3) is 5.57 Å². The third-order valence-electron chi connectivity index (χ3n) is 8.87. The SMILES string of the molecule is COc1ccc(C(=O)[C@@H]2[C@H](C(=O)c3ccccc3)N3c4ccccc4C(C)=C[C@H]3[C@@]23C(=O)Nc2ccccc23)cc1. The number of carbonyl (C=O) groups excluding carboxylic acids is 3. The zero-order valence-corrected chi connectivity index (χ0v) is 22.7. The Hall–Kier alpha value is -4.97. The van der Waals surface area contributed by atoms with Gasteiger partial charge >= 0.3 is 0 Å². The summed E-state index contributed by atoms with van der Waals surface area (Å²) in [6.45, 7) is 2.02. The Kier molecular flexibility index (Phi) is 5.68. The van der Waals surface area contributed by atoms with E-state index in [1.54, 1.807) is 43.5 Å². The number of amides is 1. The summed E-state index contributed by atoms with van der Waals surface area (Å²) in [6, 6.07) is 29.9. The Morgan fingerprint density at radius 3 is 2.22 bits per heavy atom. The first-order chi connectivity index (χ1) is 20.0. The molecular weight excluding hydrogens is 512 g/mol. The summed E-state index contributed by atoms with van der Waals surface area (Å²) in [5.41, 5.74) is 3.81. The minimum absolute atomic E-state index is 0.195. The molecule has 1 fully saturated rings. The number of ether oxygens (including phenoxy) is 1. The Bertz CT molecular complexity index is 1740. The highest BCUT2D eigenvalue weighted by molar-refractivity contribution is 6.18. The van der Waals surface area contributed by atoms with Crippen molar-refractivity contribution in [1.29, 1.82) is 0 Å². The van der Waals surface area contributed by atoms with Crippen LogP contribution in [0.1, 0.15) is 38.8 Å². The van der Waals surface area contributed by atoms with Gasteiger partial charge in [-0.15, -0.1) is 0 Å². The van der Waals surface area contributed by atoms with E-state index in [4.69, 9.17) is 4.74 Å². The van der Waals surface area contributed by atoms with Crippen molar-refractivity contribution in [2.75, 3.05) is 17.3 Å². The van der Waals surface area contributed by atoms with Crippen LogP contribution in [0.2, 0.25) is 0 Å². The molecule has 0 bridgehead atoms. The summed E-state index contributed by atoms with van der Waals surface area (Å²) in [5, 5.41) is 3.08. The van der Waals surface area contributed by atoms with Crippen LogP contribution in [0, 0.1) is 5.92 Å². The maximum atomic E-state index is 14.8. The molecule has 1 amide bonds. The summed E-state index contributed by atoms with van der Waals surface area (Å²) < 4.78 is 5.33. The standard InChI is InChI=1S/C35H28N2O4/c1-21-20-29-35(26-13-7-8-14-27(26)36-34(35)40)30(32(38)23-16-18-24(41-2)19-17-23)31(33(39)22-10-4-3-5-11-22)37(29)28-15-9-6-12-25(21)28/h3-20,29-31H,1-2H3,(H,36,40)/t29-,30-,31+,35+/m0/s1. The van der Waals surface area contributed by atoms with Gasteiger partial charge in [-0.2, -0.15) is 0 Å². The van der Waals surface area contributed by atoms with Gasteiger partial charge in [0, 0.05) is 28.1 Å². The number of allylic oxidation sites excluding steroid dienone is 1. The van der Waals surface area contributed by atoms with Crippen molar-refractivity contribution in [3.63, 3.8) is 0 Å². The summed E-state index contributed by atoms with van der Waals surface area (Å²) >= 11 is 0. The monoisotopic (exact) mass is 540 g/mol. The van der Waals surface area contributed by atoms with E-state index in [0.29, 0.717) is 22.6 Å². The first-order valence-corrected chi connectivity index (χ1v) is 13.7. The molecule has 3 aliphatic rings. The summed E-state index contributed by atoms with van der Waals surface area (Å²) in [4.78, 5) is 45.9. The zero-order chi connectivity index (χ0) is 28.3. The van der Waals surface area contributed by atoms with Crippen molar-refractivity contribution in [3.8, 4) is 5.75 Å². The molecule has 0 unspecified atom stereocenters. The largest absolute Gasteiger partial charge is 0.497 e. The molecule has 7 rings (SSSR count). The number of benzene rings is 4. The lowest BCUT2D eigenvalue weighted by Gasteiger charge is -2.39. The number of carbonyl (C=O) groups is 3. The minimum atomic E-state index is -1.34. The van der Waals surface area contributed by atoms with Crippen LogP contribution in [0.15, 0.2) is 109 Å². The topological polar surface area (TPSA) is 75.7 Å². The first kappa shape index (κ1) is 25.0. The fraction of sp³-hybridized carbons (Fsp3) is 0.171. The van der Waals surface area contributed by atoms with E-state index in [2.05, 4.69) is 11.4 Å². The summed E-state index contributed by atoms with van der Waals surface area (Å²) in [5.74, 6) is -1.11. The molecule has 0 aromatic heterocycles. The van der Waals surface area contributed by atoms with Crippen LogP contribution in [-0.4, -0.2) is 36.7 Å². The van der Waals surface area contributed by atoms with E-state index in [0.717, 1.165) is 22.4 Å². The van der Waals surface area contributed by atoms with Gasteiger partial charge in [-0.05, 0) is 54.5 Å². The van der Waals surface area contributed by atoms with Crippen LogP contribution >= 0.6 is 0 Å². The average molecular weight is 541 g/mol. The van der Waals surface area contributed by atoms with Gasteiger partial charge in [0.25, 0.3) is 0 Å². The lowest BCUT2D eigenvalue weighted by molar-refractivity contribution is -0.121. The van der Waals surface area contributed by atoms with Gasteiger partial charge in [0.15, 0.2) is 11.6 Å². The molecule has 202 valence electrons. The predicted octanol–water partition coefficient (Wildman–Crippen LogP) is 5.94. The van der Waals surface area contributed by atoms with E-state index < -0.39 is 23.4 Å². The molecule has 4 atom stereocenters. The fourth-order valence-electron chi connectivity index (χ4n) is 7.10. The number of Topliss-reactive ketones (excluding diaryl/α,β-unsaturated/α-hetero) is 2. The lowest BCUT2D eigenvalue weighted by atomic mass is 9.64. The lowest BCUT2D eigenvalue weighted by Crippen LogP contribution is -2.51.